The van der Waals surface area contributed by atoms with Gasteiger partial charge < -0.3 is 19.3 Å². The first kappa shape index (κ1) is 28.6. The zero-order valence-corrected chi connectivity index (χ0v) is 24.4. The standard InChI is InChI=1S/C32H35FN4O3S/c1-23(24-9-5-4-6-10-24)37(20-25-13-14-26(39-2)19-30(25)40-3)21-31-34-28(22-41-31)32(38)36-17-15-35(16-18-36)29-12-8-7-11-27(29)33/h4-14,19,22-23H,15-18,20-21H2,1-3H3. The van der Waals surface area contributed by atoms with Crippen molar-refractivity contribution in [3.05, 3.63) is 106 Å². The van der Waals surface area contributed by atoms with Crippen LogP contribution in [0, 0.1) is 5.82 Å². The van der Waals surface area contributed by atoms with Crippen LogP contribution in [-0.4, -0.2) is 61.1 Å². The Kier molecular flexibility index (Phi) is 9.16. The van der Waals surface area contributed by atoms with Crippen LogP contribution in [0.5, 0.6) is 11.5 Å². The number of aromatic nitrogens is 1. The molecule has 5 rings (SSSR count). The number of hydrogen-bond acceptors (Lipinski definition) is 7. The van der Waals surface area contributed by atoms with Crippen LogP contribution >= 0.6 is 11.3 Å². The first-order chi connectivity index (χ1) is 20.0. The number of anilines is 1. The van der Waals surface area contributed by atoms with Crippen molar-refractivity contribution >= 4 is 22.9 Å². The lowest BCUT2D eigenvalue weighted by atomic mass is 10.1. The minimum atomic E-state index is -0.238. The van der Waals surface area contributed by atoms with Gasteiger partial charge in [-0.15, -0.1) is 11.3 Å². The number of piperazine rings is 1. The molecule has 0 radical (unpaired) electrons. The van der Waals surface area contributed by atoms with E-state index >= 15 is 0 Å². The maximum atomic E-state index is 14.2. The van der Waals surface area contributed by atoms with E-state index in [2.05, 4.69) is 24.0 Å². The van der Waals surface area contributed by atoms with Gasteiger partial charge in [0.25, 0.3) is 5.91 Å². The quantitative estimate of drug-likeness (QED) is 0.231. The average molecular weight is 575 g/mol. The number of benzene rings is 3. The van der Waals surface area contributed by atoms with Crippen LogP contribution in [0.1, 0.15) is 39.6 Å². The molecule has 1 aliphatic rings. The van der Waals surface area contributed by atoms with E-state index in [-0.39, 0.29) is 17.8 Å². The Labute approximate surface area is 244 Å². The van der Waals surface area contributed by atoms with E-state index in [1.807, 2.05) is 57.6 Å². The van der Waals surface area contributed by atoms with E-state index in [0.29, 0.717) is 50.6 Å². The average Bonchev–Trinajstić information content (AvgIpc) is 3.49. The third-order valence-electron chi connectivity index (χ3n) is 7.57. The molecule has 4 aromatic rings. The molecule has 1 fully saturated rings. The van der Waals surface area contributed by atoms with Gasteiger partial charge in [0, 0.05) is 55.8 Å². The van der Waals surface area contributed by atoms with Gasteiger partial charge in [0.1, 0.15) is 28.0 Å². The van der Waals surface area contributed by atoms with Crippen molar-refractivity contribution in [3.8, 4) is 11.5 Å². The summed E-state index contributed by atoms with van der Waals surface area (Å²) in [6.07, 6.45) is 0. The number of thiazole rings is 1. The summed E-state index contributed by atoms with van der Waals surface area (Å²) in [7, 11) is 3.31. The van der Waals surface area contributed by atoms with E-state index in [4.69, 9.17) is 14.5 Å². The lowest BCUT2D eigenvalue weighted by Gasteiger charge is -2.35. The number of amides is 1. The number of ether oxygens (including phenoxy) is 2. The molecule has 7 nitrogen and oxygen atoms in total. The number of rotatable bonds is 10. The van der Waals surface area contributed by atoms with Gasteiger partial charge in [-0.2, -0.15) is 0 Å². The second-order valence-electron chi connectivity index (χ2n) is 10.0. The third-order valence-corrected chi connectivity index (χ3v) is 8.40. The van der Waals surface area contributed by atoms with Crippen LogP contribution in [0.4, 0.5) is 10.1 Å². The van der Waals surface area contributed by atoms with Crippen LogP contribution in [0.2, 0.25) is 0 Å². The summed E-state index contributed by atoms with van der Waals surface area (Å²) in [5.41, 5.74) is 3.27. The fourth-order valence-corrected chi connectivity index (χ4v) is 5.94. The molecule has 1 atom stereocenters. The first-order valence-electron chi connectivity index (χ1n) is 13.7. The summed E-state index contributed by atoms with van der Waals surface area (Å²) in [5, 5.41) is 2.72. The lowest BCUT2D eigenvalue weighted by Crippen LogP contribution is -2.49. The number of methoxy groups -OCH3 is 2. The molecule has 3 aromatic carbocycles. The normalized spacial score (nSPS) is 14.3. The molecule has 1 aromatic heterocycles. The minimum Gasteiger partial charge on any atom is -0.497 e. The maximum Gasteiger partial charge on any atom is 0.273 e. The van der Waals surface area contributed by atoms with E-state index in [1.54, 1.807) is 26.4 Å². The molecule has 0 N–H and O–H groups in total. The Morgan fingerprint density at radius 1 is 0.976 bits per heavy atom. The first-order valence-corrected chi connectivity index (χ1v) is 14.6. The second kappa shape index (κ2) is 13.1. The molecule has 0 bridgehead atoms. The molecular formula is C32H35FN4O3S. The molecule has 9 heteroatoms. The van der Waals surface area contributed by atoms with Crippen LogP contribution in [0.3, 0.4) is 0 Å². The van der Waals surface area contributed by atoms with Crippen molar-refractivity contribution in [2.75, 3.05) is 45.3 Å². The van der Waals surface area contributed by atoms with Crippen LogP contribution in [0.15, 0.2) is 78.2 Å². The van der Waals surface area contributed by atoms with Gasteiger partial charge >= 0.3 is 0 Å². The topological polar surface area (TPSA) is 58.1 Å². The minimum absolute atomic E-state index is 0.0832. The van der Waals surface area contributed by atoms with Gasteiger partial charge in [-0.1, -0.05) is 48.5 Å². The predicted octanol–water partition coefficient (Wildman–Crippen LogP) is 6.03. The van der Waals surface area contributed by atoms with Crippen molar-refractivity contribution < 1.29 is 18.7 Å². The molecule has 214 valence electrons. The monoisotopic (exact) mass is 574 g/mol. The second-order valence-corrected chi connectivity index (χ2v) is 11.0. The number of hydrogen-bond donors (Lipinski definition) is 0. The van der Waals surface area contributed by atoms with Gasteiger partial charge in [0.05, 0.1) is 26.5 Å². The lowest BCUT2D eigenvalue weighted by molar-refractivity contribution is 0.0741. The van der Waals surface area contributed by atoms with Gasteiger partial charge in [-0.05, 0) is 30.7 Å². The Bertz CT molecular complexity index is 1460. The fraction of sp³-hybridized carbons (Fsp3) is 0.312. The van der Waals surface area contributed by atoms with E-state index in [9.17, 15) is 9.18 Å². The van der Waals surface area contributed by atoms with Gasteiger partial charge in [0.15, 0.2) is 0 Å². The molecule has 1 aliphatic heterocycles. The van der Waals surface area contributed by atoms with Crippen molar-refractivity contribution in [1.82, 2.24) is 14.8 Å². The highest BCUT2D eigenvalue weighted by Crippen LogP contribution is 2.31. The molecule has 1 amide bonds. The number of nitrogens with zero attached hydrogens (tertiary/aromatic N) is 4. The van der Waals surface area contributed by atoms with Gasteiger partial charge in [-0.25, -0.2) is 9.37 Å². The molecular weight excluding hydrogens is 539 g/mol. The fourth-order valence-electron chi connectivity index (χ4n) is 5.15. The highest BCUT2D eigenvalue weighted by atomic mass is 32.1. The Hall–Kier alpha value is -3.95. The Morgan fingerprint density at radius 2 is 1.71 bits per heavy atom. The van der Waals surface area contributed by atoms with E-state index < -0.39 is 0 Å². The SMILES string of the molecule is COc1ccc(CN(Cc2nc(C(=O)N3CCN(c4ccccc4F)CC3)cs2)C(C)c2ccccc2)c(OC)c1. The molecule has 2 heterocycles. The Balaban J connectivity index is 1.30. The van der Waals surface area contributed by atoms with E-state index in [0.717, 1.165) is 22.1 Å². The summed E-state index contributed by atoms with van der Waals surface area (Å²) >= 11 is 1.50. The number of para-hydroxylation sites is 1. The highest BCUT2D eigenvalue weighted by Gasteiger charge is 2.26. The van der Waals surface area contributed by atoms with E-state index in [1.165, 1.54) is 23.0 Å². The zero-order chi connectivity index (χ0) is 28.8. The van der Waals surface area contributed by atoms with Crippen molar-refractivity contribution in [2.24, 2.45) is 0 Å². The largest absolute Gasteiger partial charge is 0.497 e. The summed E-state index contributed by atoms with van der Waals surface area (Å²) in [4.78, 5) is 24.2. The Morgan fingerprint density at radius 3 is 2.41 bits per heavy atom. The van der Waals surface area contributed by atoms with Crippen molar-refractivity contribution in [1.29, 1.82) is 0 Å². The van der Waals surface area contributed by atoms with Gasteiger partial charge in [0.2, 0.25) is 0 Å². The van der Waals surface area contributed by atoms with Crippen molar-refractivity contribution in [2.45, 2.75) is 26.1 Å². The molecule has 0 aliphatic carbocycles. The molecule has 1 saturated heterocycles. The number of carbonyl (C=O) groups is 1. The van der Waals surface area contributed by atoms with Crippen molar-refractivity contribution in [3.63, 3.8) is 0 Å². The highest BCUT2D eigenvalue weighted by molar-refractivity contribution is 7.09. The smallest absolute Gasteiger partial charge is 0.273 e. The number of carbonyl (C=O) groups excluding carboxylic acids is 1. The van der Waals surface area contributed by atoms with Crippen LogP contribution in [-0.2, 0) is 13.1 Å². The van der Waals surface area contributed by atoms with Crippen LogP contribution in [0.25, 0.3) is 0 Å². The summed E-state index contributed by atoms with van der Waals surface area (Å²) in [5.74, 6) is 1.18. The van der Waals surface area contributed by atoms with Crippen LogP contribution < -0.4 is 14.4 Å². The van der Waals surface area contributed by atoms with Gasteiger partial charge in [-0.3, -0.25) is 9.69 Å². The zero-order valence-electron chi connectivity index (χ0n) is 23.6. The molecule has 0 spiro atoms. The summed E-state index contributed by atoms with van der Waals surface area (Å²) in [6, 6.07) is 23.1. The molecule has 1 unspecified atom stereocenters. The molecule has 0 saturated carbocycles. The maximum absolute atomic E-state index is 14.2. The number of halogens is 1. The molecule has 41 heavy (non-hydrogen) atoms. The summed E-state index contributed by atoms with van der Waals surface area (Å²) < 4.78 is 25.3. The third kappa shape index (κ3) is 6.69. The summed E-state index contributed by atoms with van der Waals surface area (Å²) in [6.45, 7) is 5.59. The predicted molar refractivity (Wildman–Crippen MR) is 160 cm³/mol.